The molecule has 0 unspecified atom stereocenters. The van der Waals surface area contributed by atoms with Crippen molar-refractivity contribution in [2.45, 2.75) is 19.6 Å². The Hall–Kier alpha value is -2.89. The summed E-state index contributed by atoms with van der Waals surface area (Å²) in [4.78, 5) is 0. The van der Waals surface area contributed by atoms with Crippen LogP contribution in [0.4, 0.5) is 27.6 Å². The Bertz CT molecular complexity index is 926. The zero-order chi connectivity index (χ0) is 19.6. The average molecular weight is 377 g/mol. The molecule has 0 saturated heterocycles. The first kappa shape index (κ1) is 18.9. The Morgan fingerprint density at radius 1 is 0.852 bits per heavy atom. The second-order valence-corrected chi connectivity index (χ2v) is 6.18. The maximum atomic E-state index is 13.6. The average Bonchev–Trinajstić information content (AvgIpc) is 2.61. The van der Waals surface area contributed by atoms with Crippen LogP contribution >= 0.6 is 0 Å². The fourth-order valence-corrected chi connectivity index (χ4v) is 2.80. The first-order valence-corrected chi connectivity index (χ1v) is 8.21. The van der Waals surface area contributed by atoms with Crippen LogP contribution in [0, 0.1) is 18.6 Å². The van der Waals surface area contributed by atoms with Crippen LogP contribution in [0.1, 0.15) is 16.7 Å². The first-order valence-electron chi connectivity index (χ1n) is 8.21. The molecule has 27 heavy (non-hydrogen) atoms. The van der Waals surface area contributed by atoms with Gasteiger partial charge in [-0.25, -0.2) is 8.78 Å². The van der Waals surface area contributed by atoms with E-state index >= 15 is 0 Å². The van der Waals surface area contributed by atoms with Crippen LogP contribution in [0.3, 0.4) is 0 Å². The lowest BCUT2D eigenvalue weighted by Gasteiger charge is -2.14. The molecule has 0 aromatic heterocycles. The normalized spacial score (nSPS) is 11.5. The number of alkyl halides is 3. The van der Waals surface area contributed by atoms with E-state index in [1.54, 1.807) is 31.2 Å². The van der Waals surface area contributed by atoms with E-state index in [9.17, 15) is 22.0 Å². The molecular formula is C21H16F5N. The second-order valence-electron chi connectivity index (χ2n) is 6.18. The lowest BCUT2D eigenvalue weighted by molar-refractivity contribution is -0.137. The Morgan fingerprint density at radius 2 is 1.48 bits per heavy atom. The summed E-state index contributed by atoms with van der Waals surface area (Å²) in [5.41, 5.74) is 0.961. The monoisotopic (exact) mass is 377 g/mol. The summed E-state index contributed by atoms with van der Waals surface area (Å²) in [5, 5.41) is 2.88. The summed E-state index contributed by atoms with van der Waals surface area (Å²) in [6, 6.07) is 13.8. The zero-order valence-corrected chi connectivity index (χ0v) is 14.4. The van der Waals surface area contributed by atoms with Crippen molar-refractivity contribution in [2.75, 3.05) is 5.32 Å². The van der Waals surface area contributed by atoms with Gasteiger partial charge in [-0.05, 0) is 48.4 Å². The van der Waals surface area contributed by atoms with Crippen LogP contribution in [-0.2, 0) is 12.7 Å². The number of rotatable bonds is 4. The van der Waals surface area contributed by atoms with Crippen LogP contribution < -0.4 is 5.32 Å². The molecule has 0 aliphatic rings. The SMILES string of the molecule is Cc1ccc(C(F)(F)F)c(-c2ccc(NCc3c(F)cccc3F)cc2)c1. The molecule has 3 aromatic rings. The molecule has 3 rings (SSSR count). The van der Waals surface area contributed by atoms with Crippen LogP contribution in [0.2, 0.25) is 0 Å². The maximum absolute atomic E-state index is 13.6. The van der Waals surface area contributed by atoms with Crippen molar-refractivity contribution >= 4 is 5.69 Å². The molecule has 1 nitrogen and oxygen atoms in total. The summed E-state index contributed by atoms with van der Waals surface area (Å²) in [6.07, 6.45) is -4.46. The van der Waals surface area contributed by atoms with E-state index in [2.05, 4.69) is 5.32 Å². The van der Waals surface area contributed by atoms with Gasteiger partial charge in [0.05, 0.1) is 5.56 Å². The number of aryl methyl sites for hydroxylation is 1. The number of anilines is 1. The van der Waals surface area contributed by atoms with Crippen LogP contribution in [-0.4, -0.2) is 0 Å². The largest absolute Gasteiger partial charge is 0.417 e. The van der Waals surface area contributed by atoms with Gasteiger partial charge in [-0.3, -0.25) is 0 Å². The third-order valence-corrected chi connectivity index (χ3v) is 4.21. The highest BCUT2D eigenvalue weighted by Gasteiger charge is 2.33. The molecule has 0 heterocycles. The van der Waals surface area contributed by atoms with Gasteiger partial charge in [-0.2, -0.15) is 13.2 Å². The quantitative estimate of drug-likeness (QED) is 0.507. The van der Waals surface area contributed by atoms with Crippen molar-refractivity contribution in [3.63, 3.8) is 0 Å². The highest BCUT2D eigenvalue weighted by molar-refractivity contribution is 5.70. The summed E-state index contributed by atoms with van der Waals surface area (Å²) in [6.45, 7) is 1.65. The zero-order valence-electron chi connectivity index (χ0n) is 14.4. The Morgan fingerprint density at radius 3 is 2.07 bits per heavy atom. The van der Waals surface area contributed by atoms with Gasteiger partial charge < -0.3 is 5.32 Å². The van der Waals surface area contributed by atoms with Crippen molar-refractivity contribution < 1.29 is 22.0 Å². The predicted molar refractivity (Wildman–Crippen MR) is 95.3 cm³/mol. The molecular weight excluding hydrogens is 361 g/mol. The fraction of sp³-hybridized carbons (Fsp3) is 0.143. The smallest absolute Gasteiger partial charge is 0.381 e. The molecule has 140 valence electrons. The Balaban J connectivity index is 1.83. The minimum absolute atomic E-state index is 0.0733. The topological polar surface area (TPSA) is 12.0 Å². The molecule has 1 N–H and O–H groups in total. The van der Waals surface area contributed by atoms with E-state index < -0.39 is 23.4 Å². The van der Waals surface area contributed by atoms with Crippen LogP contribution in [0.25, 0.3) is 11.1 Å². The summed E-state index contributed by atoms with van der Waals surface area (Å²) >= 11 is 0. The van der Waals surface area contributed by atoms with Gasteiger partial charge in [0.15, 0.2) is 0 Å². The summed E-state index contributed by atoms with van der Waals surface area (Å²) in [7, 11) is 0. The van der Waals surface area contributed by atoms with Crippen molar-refractivity contribution in [1.82, 2.24) is 0 Å². The van der Waals surface area contributed by atoms with Crippen molar-refractivity contribution in [3.8, 4) is 11.1 Å². The molecule has 0 spiro atoms. The molecule has 0 bridgehead atoms. The number of halogens is 5. The van der Waals surface area contributed by atoms with Gasteiger partial charge in [0.1, 0.15) is 11.6 Å². The van der Waals surface area contributed by atoms with E-state index in [4.69, 9.17) is 0 Å². The fourth-order valence-electron chi connectivity index (χ4n) is 2.80. The maximum Gasteiger partial charge on any atom is 0.417 e. The third kappa shape index (κ3) is 4.27. The highest BCUT2D eigenvalue weighted by atomic mass is 19.4. The molecule has 0 aliphatic heterocycles. The molecule has 3 aromatic carbocycles. The minimum Gasteiger partial charge on any atom is -0.381 e. The van der Waals surface area contributed by atoms with E-state index in [-0.39, 0.29) is 17.7 Å². The van der Waals surface area contributed by atoms with Crippen LogP contribution in [0.5, 0.6) is 0 Å². The standard InChI is InChI=1S/C21H16F5N/c1-13-5-10-18(21(24,25)26)16(11-13)14-6-8-15(9-7-14)27-12-17-19(22)3-2-4-20(17)23/h2-11,27H,12H2,1H3. The van der Waals surface area contributed by atoms with Gasteiger partial charge in [0.2, 0.25) is 0 Å². The van der Waals surface area contributed by atoms with Crippen molar-refractivity contribution in [2.24, 2.45) is 0 Å². The number of benzene rings is 3. The van der Waals surface area contributed by atoms with Crippen molar-refractivity contribution in [1.29, 1.82) is 0 Å². The van der Waals surface area contributed by atoms with Gasteiger partial charge in [0.25, 0.3) is 0 Å². The summed E-state index contributed by atoms with van der Waals surface area (Å²) < 4.78 is 67.0. The highest BCUT2D eigenvalue weighted by Crippen LogP contribution is 2.37. The molecule has 6 heteroatoms. The molecule has 0 amide bonds. The first-order chi connectivity index (χ1) is 12.8. The second kappa shape index (κ2) is 7.39. The van der Waals surface area contributed by atoms with E-state index in [1.165, 1.54) is 30.3 Å². The van der Waals surface area contributed by atoms with Gasteiger partial charge in [-0.15, -0.1) is 0 Å². The van der Waals surface area contributed by atoms with Crippen LogP contribution in [0.15, 0.2) is 60.7 Å². The molecule has 0 fully saturated rings. The van der Waals surface area contributed by atoms with Gasteiger partial charge >= 0.3 is 6.18 Å². The number of nitrogens with one attached hydrogen (secondary N) is 1. The van der Waals surface area contributed by atoms with Crippen molar-refractivity contribution in [3.05, 3.63) is 89.0 Å². The third-order valence-electron chi connectivity index (χ3n) is 4.21. The van der Waals surface area contributed by atoms with Gasteiger partial charge in [0, 0.05) is 17.8 Å². The predicted octanol–water partition coefficient (Wildman–Crippen LogP) is 6.57. The molecule has 0 atom stereocenters. The molecule has 0 saturated carbocycles. The summed E-state index contributed by atoms with van der Waals surface area (Å²) in [5.74, 6) is -1.32. The number of hydrogen-bond donors (Lipinski definition) is 1. The minimum atomic E-state index is -4.46. The number of hydrogen-bond acceptors (Lipinski definition) is 1. The Kier molecular flexibility index (Phi) is 5.17. The lowest BCUT2D eigenvalue weighted by Crippen LogP contribution is -2.07. The van der Waals surface area contributed by atoms with E-state index in [1.807, 2.05) is 0 Å². The van der Waals surface area contributed by atoms with E-state index in [0.717, 1.165) is 11.6 Å². The van der Waals surface area contributed by atoms with E-state index in [0.29, 0.717) is 11.3 Å². The molecule has 0 radical (unpaired) electrons. The lowest BCUT2D eigenvalue weighted by atomic mass is 9.97. The van der Waals surface area contributed by atoms with Gasteiger partial charge in [-0.1, -0.05) is 35.9 Å². The molecule has 0 aliphatic carbocycles. The Labute approximate surface area is 153 Å².